The summed E-state index contributed by atoms with van der Waals surface area (Å²) in [5.41, 5.74) is 0. The maximum Gasteiger partial charge on any atom is 0.222 e. The number of carbonyl (C=O) groups excluding carboxylic acids is 2. The summed E-state index contributed by atoms with van der Waals surface area (Å²) in [4.78, 5) is 22.4. The minimum Gasteiger partial charge on any atom is -0.379 e. The molecule has 0 aromatic carbocycles. The highest BCUT2D eigenvalue weighted by atomic mass is 16.5. The average Bonchev–Trinajstić information content (AvgIpc) is 2.61. The molecule has 0 aliphatic heterocycles. The van der Waals surface area contributed by atoms with Crippen molar-refractivity contribution < 1.29 is 28.5 Å². The fourth-order valence-corrected chi connectivity index (χ4v) is 1.39. The van der Waals surface area contributed by atoms with Crippen molar-refractivity contribution in [2.45, 2.75) is 40.5 Å². The van der Waals surface area contributed by atoms with Crippen molar-refractivity contribution in [2.75, 3.05) is 59.4 Å². The zero-order valence-electron chi connectivity index (χ0n) is 15.7. The summed E-state index contributed by atoms with van der Waals surface area (Å²) < 4.78 is 20.7. The molecule has 0 unspecified atom stereocenters. The van der Waals surface area contributed by atoms with Crippen molar-refractivity contribution in [1.29, 1.82) is 0 Å². The third kappa shape index (κ3) is 21.0. The van der Waals surface area contributed by atoms with E-state index in [0.29, 0.717) is 65.6 Å². The van der Waals surface area contributed by atoms with Crippen LogP contribution in [0.25, 0.3) is 0 Å². The Balaban J connectivity index is 0. The zero-order valence-corrected chi connectivity index (χ0v) is 15.7. The topological polar surface area (TPSA) is 83.1 Å². The van der Waals surface area contributed by atoms with Gasteiger partial charge >= 0.3 is 0 Å². The van der Waals surface area contributed by atoms with E-state index in [9.17, 15) is 9.59 Å². The maximum atomic E-state index is 11.4. The van der Waals surface area contributed by atoms with Crippen molar-refractivity contribution in [3.63, 3.8) is 0 Å². The number of nitrogens with one attached hydrogen (secondary N) is 1. The molecule has 0 spiro atoms. The molecule has 0 saturated carbocycles. The summed E-state index contributed by atoms with van der Waals surface area (Å²) in [6, 6.07) is 0. The van der Waals surface area contributed by atoms with Crippen LogP contribution < -0.4 is 5.32 Å². The molecule has 0 saturated heterocycles. The Bertz CT molecular complexity index is 286. The van der Waals surface area contributed by atoms with E-state index in [1.807, 2.05) is 20.8 Å². The number of amides is 1. The highest BCUT2D eigenvalue weighted by Gasteiger charge is 2.01. The van der Waals surface area contributed by atoms with Crippen LogP contribution >= 0.6 is 0 Å². The van der Waals surface area contributed by atoms with Crippen LogP contribution in [0.1, 0.15) is 40.5 Å². The third-order valence-corrected chi connectivity index (χ3v) is 2.65. The Kier molecular flexibility index (Phi) is 23.1. The minimum absolute atomic E-state index is 0.0650. The van der Waals surface area contributed by atoms with Gasteiger partial charge in [-0.3, -0.25) is 9.59 Å². The number of ketones is 1. The van der Waals surface area contributed by atoms with Gasteiger partial charge in [-0.25, -0.2) is 0 Å². The van der Waals surface area contributed by atoms with E-state index >= 15 is 0 Å². The standard InChI is InChI=1S/C15H29NO6.C2H6/c1-3-14(17)13-22-12-11-21-8-6-16-15(18)5-7-20-10-9-19-4-2;1-2/h3-13H2,1-2H3,(H,16,18);1-2H3. The zero-order chi connectivity index (χ0) is 18.5. The van der Waals surface area contributed by atoms with E-state index in [4.69, 9.17) is 18.9 Å². The summed E-state index contributed by atoms with van der Waals surface area (Å²) in [5, 5.41) is 2.73. The molecule has 0 radical (unpaired) electrons. The largest absolute Gasteiger partial charge is 0.379 e. The van der Waals surface area contributed by atoms with E-state index in [1.54, 1.807) is 6.92 Å². The Labute approximate surface area is 146 Å². The maximum absolute atomic E-state index is 11.4. The molecule has 0 atom stereocenters. The Morgan fingerprint density at radius 2 is 1.38 bits per heavy atom. The lowest BCUT2D eigenvalue weighted by atomic mass is 10.3. The normalized spacial score (nSPS) is 10.0. The first-order valence-corrected chi connectivity index (χ1v) is 8.80. The van der Waals surface area contributed by atoms with Crippen LogP contribution in [0.2, 0.25) is 0 Å². The summed E-state index contributed by atoms with van der Waals surface area (Å²) in [5.74, 6) is 0.0144. The smallest absolute Gasteiger partial charge is 0.222 e. The van der Waals surface area contributed by atoms with Crippen molar-refractivity contribution in [1.82, 2.24) is 5.32 Å². The van der Waals surface area contributed by atoms with Gasteiger partial charge in [-0.05, 0) is 6.92 Å². The predicted octanol–water partition coefficient (Wildman–Crippen LogP) is 1.58. The molecule has 7 nitrogen and oxygen atoms in total. The molecule has 0 heterocycles. The average molecular weight is 349 g/mol. The van der Waals surface area contributed by atoms with E-state index in [0.717, 1.165) is 0 Å². The number of hydrogen-bond donors (Lipinski definition) is 1. The molecule has 0 aromatic heterocycles. The quantitative estimate of drug-likeness (QED) is 0.426. The molecule has 0 rings (SSSR count). The van der Waals surface area contributed by atoms with Crippen molar-refractivity contribution >= 4 is 11.7 Å². The molecule has 0 aliphatic carbocycles. The second-order valence-electron chi connectivity index (χ2n) is 4.47. The van der Waals surface area contributed by atoms with Gasteiger partial charge in [0.1, 0.15) is 6.61 Å². The second-order valence-corrected chi connectivity index (χ2v) is 4.47. The van der Waals surface area contributed by atoms with E-state index in [1.165, 1.54) is 0 Å². The molecule has 0 bridgehead atoms. The highest BCUT2D eigenvalue weighted by Crippen LogP contribution is 1.86. The third-order valence-electron chi connectivity index (χ3n) is 2.65. The second kappa shape index (κ2) is 22.0. The van der Waals surface area contributed by atoms with Crippen LogP contribution in [-0.2, 0) is 28.5 Å². The van der Waals surface area contributed by atoms with Crippen LogP contribution in [0.3, 0.4) is 0 Å². The number of Topliss-reactive ketones (excluding diaryl/α,β-unsaturated/α-hetero) is 1. The van der Waals surface area contributed by atoms with Gasteiger partial charge in [0.15, 0.2) is 5.78 Å². The molecule has 0 aliphatic rings. The van der Waals surface area contributed by atoms with Gasteiger partial charge in [-0.1, -0.05) is 20.8 Å². The van der Waals surface area contributed by atoms with Gasteiger partial charge in [0.2, 0.25) is 5.91 Å². The fourth-order valence-electron chi connectivity index (χ4n) is 1.39. The predicted molar refractivity (Wildman–Crippen MR) is 93.2 cm³/mol. The molecular formula is C17H35NO6. The molecular weight excluding hydrogens is 314 g/mol. The lowest BCUT2D eigenvalue weighted by molar-refractivity contribution is -0.124. The SMILES string of the molecule is CC.CCOCCOCCC(=O)NCCOCCOCC(=O)CC. The van der Waals surface area contributed by atoms with E-state index < -0.39 is 0 Å². The number of ether oxygens (including phenoxy) is 4. The Morgan fingerprint density at radius 3 is 2.00 bits per heavy atom. The number of rotatable bonds is 16. The van der Waals surface area contributed by atoms with Gasteiger partial charge in [0.05, 0.1) is 39.6 Å². The lowest BCUT2D eigenvalue weighted by Gasteiger charge is -2.07. The van der Waals surface area contributed by atoms with Crippen LogP contribution in [-0.4, -0.2) is 71.1 Å². The van der Waals surface area contributed by atoms with E-state index in [2.05, 4.69) is 5.32 Å². The van der Waals surface area contributed by atoms with Crippen LogP contribution in [0.15, 0.2) is 0 Å². The van der Waals surface area contributed by atoms with E-state index in [-0.39, 0.29) is 18.3 Å². The first kappa shape index (κ1) is 25.2. The van der Waals surface area contributed by atoms with Gasteiger partial charge in [-0.2, -0.15) is 0 Å². The minimum atomic E-state index is -0.0650. The van der Waals surface area contributed by atoms with Gasteiger partial charge in [0.25, 0.3) is 0 Å². The summed E-state index contributed by atoms with van der Waals surface area (Å²) >= 11 is 0. The molecule has 0 aromatic rings. The molecule has 144 valence electrons. The number of hydrogen-bond acceptors (Lipinski definition) is 6. The molecule has 1 amide bonds. The summed E-state index contributed by atoms with van der Waals surface area (Å²) in [7, 11) is 0. The Morgan fingerprint density at radius 1 is 0.792 bits per heavy atom. The molecule has 24 heavy (non-hydrogen) atoms. The van der Waals surface area contributed by atoms with Gasteiger partial charge < -0.3 is 24.3 Å². The molecule has 7 heteroatoms. The summed E-state index contributed by atoms with van der Waals surface area (Å²) in [6.07, 6.45) is 0.816. The number of carbonyl (C=O) groups is 2. The highest BCUT2D eigenvalue weighted by molar-refractivity contribution is 5.79. The van der Waals surface area contributed by atoms with Gasteiger partial charge in [0, 0.05) is 26.0 Å². The first-order valence-electron chi connectivity index (χ1n) is 8.80. The van der Waals surface area contributed by atoms with Crippen LogP contribution in [0, 0.1) is 0 Å². The van der Waals surface area contributed by atoms with Crippen molar-refractivity contribution in [3.8, 4) is 0 Å². The first-order chi connectivity index (χ1) is 11.7. The Hall–Kier alpha value is -1.02. The van der Waals surface area contributed by atoms with Crippen molar-refractivity contribution in [2.24, 2.45) is 0 Å². The van der Waals surface area contributed by atoms with Crippen molar-refractivity contribution in [3.05, 3.63) is 0 Å². The molecule has 1 N–H and O–H groups in total. The monoisotopic (exact) mass is 349 g/mol. The molecule has 0 fully saturated rings. The van der Waals surface area contributed by atoms with Crippen LogP contribution in [0.4, 0.5) is 0 Å². The van der Waals surface area contributed by atoms with Gasteiger partial charge in [-0.15, -0.1) is 0 Å². The van der Waals surface area contributed by atoms with Crippen LogP contribution in [0.5, 0.6) is 0 Å². The lowest BCUT2D eigenvalue weighted by Crippen LogP contribution is -2.28. The summed E-state index contributed by atoms with van der Waals surface area (Å²) in [6.45, 7) is 11.6. The fraction of sp³-hybridized carbons (Fsp3) is 0.882.